The van der Waals surface area contributed by atoms with Crippen LogP contribution in [0.2, 0.25) is 5.02 Å². The van der Waals surface area contributed by atoms with E-state index >= 15 is 4.39 Å². The van der Waals surface area contributed by atoms with Gasteiger partial charge in [-0.3, -0.25) is 9.48 Å². The smallest absolute Gasteiger partial charge is 0.245 e. The molecule has 6 rings (SSSR count). The van der Waals surface area contributed by atoms with Crippen molar-refractivity contribution in [2.75, 3.05) is 18.0 Å². The summed E-state index contributed by atoms with van der Waals surface area (Å²) >= 11 is 6.21. The molecule has 2 N–H and O–H groups in total. The molecule has 2 saturated carbocycles. The lowest BCUT2D eigenvalue weighted by molar-refractivity contribution is -0.136. The number of nitrogens with two attached hydrogens (primary N) is 1. The summed E-state index contributed by atoms with van der Waals surface area (Å²) in [4.78, 5) is 22.9. The highest BCUT2D eigenvalue weighted by Crippen LogP contribution is 2.47. The van der Waals surface area contributed by atoms with Gasteiger partial charge in [-0.1, -0.05) is 43.0 Å². The highest BCUT2D eigenvalue weighted by Gasteiger charge is 2.45. The molecule has 1 aliphatic heterocycles. The van der Waals surface area contributed by atoms with Crippen LogP contribution in [0.5, 0.6) is 0 Å². The van der Waals surface area contributed by atoms with Crippen LogP contribution in [0.15, 0.2) is 55.1 Å². The molecule has 45 heavy (non-hydrogen) atoms. The molecule has 0 unspecified atom stereocenters. The van der Waals surface area contributed by atoms with Crippen LogP contribution in [0, 0.1) is 23.0 Å². The number of benzene rings is 2. The number of amides is 1. The number of hydrogen-bond donors (Lipinski definition) is 1. The fourth-order valence-corrected chi connectivity index (χ4v) is 8.39. The molecule has 1 amide bonds. The fourth-order valence-electron chi connectivity index (χ4n) is 8.27. The average Bonchev–Trinajstić information content (AvgIpc) is 3.57. The lowest BCUT2D eigenvalue weighted by Crippen LogP contribution is -2.57. The van der Waals surface area contributed by atoms with E-state index in [9.17, 15) is 9.18 Å². The van der Waals surface area contributed by atoms with E-state index in [1.54, 1.807) is 12.7 Å². The second-order valence-electron chi connectivity index (χ2n) is 13.5. The maximum atomic E-state index is 15.6. The van der Waals surface area contributed by atoms with Crippen LogP contribution in [0.1, 0.15) is 76.2 Å². The molecular formula is C35H45ClF2N6O. The van der Waals surface area contributed by atoms with Gasteiger partial charge in [0.15, 0.2) is 0 Å². The molecule has 1 saturated heterocycles. The lowest BCUT2D eigenvalue weighted by atomic mass is 9.63. The highest BCUT2D eigenvalue weighted by atomic mass is 35.5. The minimum atomic E-state index is -0.664. The second kappa shape index (κ2) is 14.2. The van der Waals surface area contributed by atoms with Crippen molar-refractivity contribution < 1.29 is 13.6 Å². The number of carbonyl (C=O) groups excluding carboxylic acids is 1. The highest BCUT2D eigenvalue weighted by molar-refractivity contribution is 6.30. The van der Waals surface area contributed by atoms with E-state index in [0.717, 1.165) is 56.7 Å². The predicted octanol–water partition coefficient (Wildman–Crippen LogP) is 6.79. The first kappa shape index (κ1) is 31.9. The second-order valence-corrected chi connectivity index (χ2v) is 14.0. The Morgan fingerprint density at radius 3 is 2.36 bits per heavy atom. The van der Waals surface area contributed by atoms with Gasteiger partial charge < -0.3 is 15.5 Å². The third kappa shape index (κ3) is 7.35. The SMILES string of the molecule is N[C@H]1CC[C@@H](N(c2ccc(F)cc2F)[C@H](Cc2ccc(Cl)cc2)C(=O)N2CCC(Cn3cncn3)(C3CCCCC3)CC2)CC1. The minimum Gasteiger partial charge on any atom is -0.354 e. The first-order valence-corrected chi connectivity index (χ1v) is 17.0. The quantitative estimate of drug-likeness (QED) is 0.279. The van der Waals surface area contributed by atoms with E-state index in [-0.39, 0.29) is 29.1 Å². The Morgan fingerprint density at radius 2 is 1.71 bits per heavy atom. The van der Waals surface area contributed by atoms with Crippen molar-refractivity contribution in [3.63, 3.8) is 0 Å². The van der Waals surface area contributed by atoms with E-state index < -0.39 is 17.7 Å². The van der Waals surface area contributed by atoms with Crippen LogP contribution in [0.4, 0.5) is 14.5 Å². The van der Waals surface area contributed by atoms with Crippen molar-refractivity contribution in [3.05, 3.63) is 77.3 Å². The Bertz CT molecular complexity index is 1400. The predicted molar refractivity (Wildman–Crippen MR) is 173 cm³/mol. The van der Waals surface area contributed by atoms with Crippen molar-refractivity contribution in [1.29, 1.82) is 0 Å². The van der Waals surface area contributed by atoms with Crippen molar-refractivity contribution in [1.82, 2.24) is 19.7 Å². The van der Waals surface area contributed by atoms with Crippen molar-refractivity contribution >= 4 is 23.2 Å². The Labute approximate surface area is 270 Å². The van der Waals surface area contributed by atoms with Crippen LogP contribution in [0.3, 0.4) is 0 Å². The lowest BCUT2D eigenvalue weighted by Gasteiger charge is -2.49. The van der Waals surface area contributed by atoms with E-state index in [0.29, 0.717) is 30.5 Å². The van der Waals surface area contributed by atoms with E-state index in [2.05, 4.69) is 10.1 Å². The van der Waals surface area contributed by atoms with E-state index in [1.807, 2.05) is 38.7 Å². The largest absolute Gasteiger partial charge is 0.354 e. The fraction of sp³-hybridized carbons (Fsp3) is 0.571. The number of halogens is 3. The molecule has 7 nitrogen and oxygen atoms in total. The summed E-state index contributed by atoms with van der Waals surface area (Å²) in [5, 5.41) is 5.07. The van der Waals surface area contributed by atoms with Gasteiger partial charge in [0, 0.05) is 49.2 Å². The Morgan fingerprint density at radius 1 is 1.00 bits per heavy atom. The van der Waals surface area contributed by atoms with Crippen LogP contribution in [0.25, 0.3) is 0 Å². The Hall–Kier alpha value is -3.04. The number of likely N-dealkylation sites (tertiary alicyclic amines) is 1. The van der Waals surface area contributed by atoms with Crippen molar-refractivity contribution in [3.8, 4) is 0 Å². The molecule has 242 valence electrons. The summed E-state index contributed by atoms with van der Waals surface area (Å²) in [6.45, 7) is 2.08. The third-order valence-corrected chi connectivity index (χ3v) is 11.0. The number of hydrogen-bond acceptors (Lipinski definition) is 5. The summed E-state index contributed by atoms with van der Waals surface area (Å²) in [5.74, 6) is -0.707. The molecule has 1 aromatic heterocycles. The van der Waals surface area contributed by atoms with E-state index in [4.69, 9.17) is 17.3 Å². The van der Waals surface area contributed by atoms with Crippen LogP contribution in [-0.2, 0) is 17.8 Å². The van der Waals surface area contributed by atoms with E-state index in [1.165, 1.54) is 44.2 Å². The molecule has 0 bridgehead atoms. The zero-order valence-corrected chi connectivity index (χ0v) is 26.7. The van der Waals surface area contributed by atoms with Crippen LogP contribution < -0.4 is 10.6 Å². The zero-order valence-electron chi connectivity index (χ0n) is 26.0. The summed E-state index contributed by atoms with van der Waals surface area (Å²) in [6, 6.07) is 10.5. The molecule has 10 heteroatoms. The Balaban J connectivity index is 1.31. The number of rotatable bonds is 9. The summed E-state index contributed by atoms with van der Waals surface area (Å²) in [7, 11) is 0. The van der Waals surface area contributed by atoms with Gasteiger partial charge >= 0.3 is 0 Å². The molecule has 3 aromatic rings. The number of aromatic nitrogens is 3. The molecule has 2 aromatic carbocycles. The first-order chi connectivity index (χ1) is 21.8. The topological polar surface area (TPSA) is 80.3 Å². The first-order valence-electron chi connectivity index (χ1n) is 16.7. The van der Waals surface area contributed by atoms with Gasteiger partial charge in [0.1, 0.15) is 30.3 Å². The number of carbonyl (C=O) groups is 1. The Kier molecular flexibility index (Phi) is 10.0. The summed E-state index contributed by atoms with van der Waals surface area (Å²) < 4.78 is 31.7. The third-order valence-electron chi connectivity index (χ3n) is 10.8. The van der Waals surface area contributed by atoms with Gasteiger partial charge in [-0.25, -0.2) is 13.8 Å². The molecule has 0 spiro atoms. The number of piperidine rings is 1. The van der Waals surface area contributed by atoms with Gasteiger partial charge in [0.05, 0.1) is 5.69 Å². The summed E-state index contributed by atoms with van der Waals surface area (Å²) in [6.07, 6.45) is 14.8. The molecule has 1 atom stereocenters. The zero-order chi connectivity index (χ0) is 31.4. The molecule has 3 fully saturated rings. The standard InChI is InChI=1S/C35H45ClF2N6O/c36-27-8-6-25(7-9-27)20-33(44(30-13-11-29(39)12-14-30)32-15-10-28(37)21-31(32)38)34(45)42-18-16-35(17-19-42,22-43-24-40-23-41-43)26-4-2-1-3-5-26/h6-10,15,21,23-24,26,29-30,33H,1-5,11-14,16-20,22,39H2/t29-,30+,33-/m1/s1. The summed E-state index contributed by atoms with van der Waals surface area (Å²) in [5.41, 5.74) is 7.54. The van der Waals surface area contributed by atoms with Gasteiger partial charge in [0.25, 0.3) is 0 Å². The van der Waals surface area contributed by atoms with Crippen molar-refractivity contribution in [2.24, 2.45) is 17.1 Å². The molecule has 3 aliphatic rings. The number of nitrogens with zero attached hydrogens (tertiary/aromatic N) is 5. The molecule has 2 heterocycles. The molecule has 2 aliphatic carbocycles. The maximum Gasteiger partial charge on any atom is 0.245 e. The average molecular weight is 639 g/mol. The number of anilines is 1. The van der Waals surface area contributed by atoms with Gasteiger partial charge in [0.2, 0.25) is 5.91 Å². The normalized spacial score (nSPS) is 23.1. The maximum absolute atomic E-state index is 15.6. The monoisotopic (exact) mass is 638 g/mol. The van der Waals surface area contributed by atoms with Gasteiger partial charge in [-0.05, 0) is 92.5 Å². The van der Waals surface area contributed by atoms with Crippen LogP contribution in [-0.4, -0.2) is 56.8 Å². The molecule has 0 radical (unpaired) electrons. The molecular weight excluding hydrogens is 594 g/mol. The van der Waals surface area contributed by atoms with Crippen LogP contribution >= 0.6 is 11.6 Å². The van der Waals surface area contributed by atoms with Gasteiger partial charge in [-0.2, -0.15) is 5.10 Å². The van der Waals surface area contributed by atoms with Crippen molar-refractivity contribution in [2.45, 2.75) is 102 Å². The minimum absolute atomic E-state index is 0.0125. The van der Waals surface area contributed by atoms with Gasteiger partial charge in [-0.15, -0.1) is 0 Å².